The second-order valence-corrected chi connectivity index (χ2v) is 3.95. The van der Waals surface area contributed by atoms with E-state index in [4.69, 9.17) is 5.26 Å². The molecule has 90 valence electrons. The molecule has 0 radical (unpaired) electrons. The number of pyridine rings is 1. The monoisotopic (exact) mass is 242 g/mol. The van der Waals surface area contributed by atoms with Crippen molar-refractivity contribution in [2.24, 2.45) is 0 Å². The number of halogens is 1. The Kier molecular flexibility index (Phi) is 3.35. The highest BCUT2D eigenvalue weighted by Gasteiger charge is 2.11. The highest BCUT2D eigenvalue weighted by molar-refractivity contribution is 5.67. The summed E-state index contributed by atoms with van der Waals surface area (Å²) in [5.74, 6) is -0.574. The first-order valence-electron chi connectivity index (χ1n) is 5.45. The number of hydrogen-bond donors (Lipinski definition) is 1. The van der Waals surface area contributed by atoms with Gasteiger partial charge in [0.05, 0.1) is 11.7 Å². The highest BCUT2D eigenvalue weighted by Crippen LogP contribution is 2.28. The first-order valence-corrected chi connectivity index (χ1v) is 5.45. The van der Waals surface area contributed by atoms with Crippen LogP contribution in [0.15, 0.2) is 36.7 Å². The zero-order valence-corrected chi connectivity index (χ0v) is 9.76. The lowest BCUT2D eigenvalue weighted by Crippen LogP contribution is -1.96. The van der Waals surface area contributed by atoms with Crippen molar-refractivity contribution < 1.29 is 9.50 Å². The van der Waals surface area contributed by atoms with Gasteiger partial charge in [-0.2, -0.15) is 5.26 Å². The third-order valence-corrected chi connectivity index (χ3v) is 2.71. The van der Waals surface area contributed by atoms with E-state index in [1.807, 2.05) is 0 Å². The summed E-state index contributed by atoms with van der Waals surface area (Å²) in [6.07, 6.45) is 2.48. The van der Waals surface area contributed by atoms with Crippen LogP contribution in [0.25, 0.3) is 11.1 Å². The van der Waals surface area contributed by atoms with Crippen LogP contribution in [0.5, 0.6) is 0 Å². The number of rotatable bonds is 2. The topological polar surface area (TPSA) is 56.9 Å². The van der Waals surface area contributed by atoms with Gasteiger partial charge in [-0.25, -0.2) is 4.39 Å². The molecule has 1 atom stereocenters. The fourth-order valence-corrected chi connectivity index (χ4v) is 1.78. The van der Waals surface area contributed by atoms with Crippen LogP contribution in [0.2, 0.25) is 0 Å². The molecule has 0 fully saturated rings. The predicted octanol–water partition coefficient (Wildman–Crippen LogP) is 2.81. The molecule has 2 rings (SSSR count). The fourth-order valence-electron chi connectivity index (χ4n) is 1.78. The number of nitrogens with zero attached hydrogens (tertiary/aromatic N) is 2. The Morgan fingerprint density at radius 2 is 2.17 bits per heavy atom. The van der Waals surface area contributed by atoms with Crippen molar-refractivity contribution in [1.29, 1.82) is 5.26 Å². The number of aromatic nitrogens is 1. The standard InChI is InChI=1S/C14H11FN2O/c1-9(18)12-4-5-17-8-13(12)10-2-3-11(7-16)14(15)6-10/h2-6,8-9,18H,1H3/t9-/m0/s1. The third-order valence-electron chi connectivity index (χ3n) is 2.71. The molecule has 0 aliphatic carbocycles. The number of benzene rings is 1. The van der Waals surface area contributed by atoms with Gasteiger partial charge in [0.25, 0.3) is 0 Å². The zero-order valence-electron chi connectivity index (χ0n) is 9.76. The molecular weight excluding hydrogens is 231 g/mol. The van der Waals surface area contributed by atoms with E-state index < -0.39 is 11.9 Å². The number of aliphatic hydroxyl groups is 1. The minimum absolute atomic E-state index is 0.00115. The average Bonchev–Trinajstić information content (AvgIpc) is 2.38. The Bertz CT molecular complexity index is 617. The summed E-state index contributed by atoms with van der Waals surface area (Å²) in [5, 5.41) is 18.3. The predicted molar refractivity (Wildman–Crippen MR) is 65.0 cm³/mol. The van der Waals surface area contributed by atoms with Gasteiger partial charge in [0.15, 0.2) is 0 Å². The van der Waals surface area contributed by atoms with Crippen molar-refractivity contribution >= 4 is 0 Å². The van der Waals surface area contributed by atoms with E-state index in [0.29, 0.717) is 16.7 Å². The van der Waals surface area contributed by atoms with Crippen LogP contribution in [-0.4, -0.2) is 10.1 Å². The number of nitriles is 1. The lowest BCUT2D eigenvalue weighted by molar-refractivity contribution is 0.200. The summed E-state index contributed by atoms with van der Waals surface area (Å²) in [6.45, 7) is 1.64. The molecule has 1 aromatic heterocycles. The van der Waals surface area contributed by atoms with Crippen LogP contribution in [-0.2, 0) is 0 Å². The Morgan fingerprint density at radius 1 is 1.39 bits per heavy atom. The Balaban J connectivity index is 2.56. The average molecular weight is 242 g/mol. The second-order valence-electron chi connectivity index (χ2n) is 3.95. The number of aliphatic hydroxyl groups excluding tert-OH is 1. The molecule has 0 saturated carbocycles. The quantitative estimate of drug-likeness (QED) is 0.880. The number of hydrogen-bond acceptors (Lipinski definition) is 3. The van der Waals surface area contributed by atoms with Crippen molar-refractivity contribution in [3.8, 4) is 17.2 Å². The van der Waals surface area contributed by atoms with Gasteiger partial charge in [-0.15, -0.1) is 0 Å². The molecular formula is C14H11FN2O. The molecule has 0 unspecified atom stereocenters. The maximum atomic E-state index is 13.6. The summed E-state index contributed by atoms with van der Waals surface area (Å²) in [5.41, 5.74) is 1.93. The Morgan fingerprint density at radius 3 is 2.78 bits per heavy atom. The minimum atomic E-state index is -0.665. The van der Waals surface area contributed by atoms with Gasteiger partial charge in [-0.05, 0) is 36.2 Å². The van der Waals surface area contributed by atoms with E-state index >= 15 is 0 Å². The lowest BCUT2D eigenvalue weighted by atomic mass is 9.98. The van der Waals surface area contributed by atoms with E-state index in [1.54, 1.807) is 37.5 Å². The van der Waals surface area contributed by atoms with Crippen LogP contribution >= 0.6 is 0 Å². The lowest BCUT2D eigenvalue weighted by Gasteiger charge is -2.11. The first kappa shape index (κ1) is 12.2. The normalized spacial score (nSPS) is 11.9. The SMILES string of the molecule is C[C@H](O)c1ccncc1-c1ccc(C#N)c(F)c1. The molecule has 0 spiro atoms. The maximum Gasteiger partial charge on any atom is 0.141 e. The van der Waals surface area contributed by atoms with Crippen LogP contribution in [0.4, 0.5) is 4.39 Å². The van der Waals surface area contributed by atoms with Crippen molar-refractivity contribution in [1.82, 2.24) is 4.98 Å². The van der Waals surface area contributed by atoms with Gasteiger partial charge in [-0.1, -0.05) is 6.07 Å². The molecule has 3 nitrogen and oxygen atoms in total. The smallest absolute Gasteiger partial charge is 0.141 e. The van der Waals surface area contributed by atoms with Crippen molar-refractivity contribution in [3.63, 3.8) is 0 Å². The third kappa shape index (κ3) is 2.22. The molecule has 0 aliphatic rings. The van der Waals surface area contributed by atoms with Gasteiger partial charge in [0.2, 0.25) is 0 Å². The molecule has 18 heavy (non-hydrogen) atoms. The summed E-state index contributed by atoms with van der Waals surface area (Å²) in [4.78, 5) is 3.98. The molecule has 0 amide bonds. The van der Waals surface area contributed by atoms with Crippen LogP contribution in [0.3, 0.4) is 0 Å². The van der Waals surface area contributed by atoms with E-state index in [9.17, 15) is 9.50 Å². The molecule has 2 aromatic rings. The fraction of sp³-hybridized carbons (Fsp3) is 0.143. The molecule has 1 N–H and O–H groups in total. The van der Waals surface area contributed by atoms with E-state index in [2.05, 4.69) is 4.98 Å². The van der Waals surface area contributed by atoms with E-state index in [0.717, 1.165) is 0 Å². The maximum absolute atomic E-state index is 13.6. The molecule has 0 bridgehead atoms. The van der Waals surface area contributed by atoms with Crippen molar-refractivity contribution in [2.45, 2.75) is 13.0 Å². The van der Waals surface area contributed by atoms with Crippen LogP contribution in [0.1, 0.15) is 24.2 Å². The summed E-state index contributed by atoms with van der Waals surface area (Å²) in [6, 6.07) is 7.80. The summed E-state index contributed by atoms with van der Waals surface area (Å²) >= 11 is 0. The first-order chi connectivity index (χ1) is 8.63. The van der Waals surface area contributed by atoms with Crippen molar-refractivity contribution in [3.05, 3.63) is 53.6 Å². The van der Waals surface area contributed by atoms with Crippen LogP contribution in [0, 0.1) is 17.1 Å². The highest BCUT2D eigenvalue weighted by atomic mass is 19.1. The van der Waals surface area contributed by atoms with E-state index in [1.165, 1.54) is 12.1 Å². The largest absolute Gasteiger partial charge is 0.389 e. The zero-order chi connectivity index (χ0) is 13.1. The Labute approximate surface area is 104 Å². The van der Waals surface area contributed by atoms with E-state index in [-0.39, 0.29) is 5.56 Å². The van der Waals surface area contributed by atoms with Gasteiger partial charge >= 0.3 is 0 Å². The molecule has 0 saturated heterocycles. The van der Waals surface area contributed by atoms with Crippen LogP contribution < -0.4 is 0 Å². The minimum Gasteiger partial charge on any atom is -0.389 e. The second kappa shape index (κ2) is 4.94. The molecule has 1 heterocycles. The van der Waals surface area contributed by atoms with Gasteiger partial charge in [0, 0.05) is 18.0 Å². The van der Waals surface area contributed by atoms with Gasteiger partial charge in [0.1, 0.15) is 11.9 Å². The molecule has 4 heteroatoms. The molecule has 0 aliphatic heterocycles. The summed E-state index contributed by atoms with van der Waals surface area (Å²) in [7, 11) is 0. The molecule has 1 aromatic carbocycles. The summed E-state index contributed by atoms with van der Waals surface area (Å²) < 4.78 is 13.6. The van der Waals surface area contributed by atoms with Gasteiger partial charge in [-0.3, -0.25) is 4.98 Å². The van der Waals surface area contributed by atoms with Gasteiger partial charge < -0.3 is 5.11 Å². The Hall–Kier alpha value is -2.25. The van der Waals surface area contributed by atoms with Crippen molar-refractivity contribution in [2.75, 3.05) is 0 Å².